The zero-order valence-electron chi connectivity index (χ0n) is 14.6. The number of rotatable bonds is 5. The Morgan fingerprint density at radius 1 is 1.04 bits per heavy atom. The SMILES string of the molecule is CC(C(O)c1ccc(F)cc1)N1CCC(O)(Cc2ccccc2)CC1. The molecule has 1 fully saturated rings. The molecule has 2 N–H and O–H groups in total. The van der Waals surface area contributed by atoms with Gasteiger partial charge >= 0.3 is 0 Å². The van der Waals surface area contributed by atoms with Gasteiger partial charge in [0, 0.05) is 25.6 Å². The van der Waals surface area contributed by atoms with Crippen molar-refractivity contribution < 1.29 is 14.6 Å². The highest BCUT2D eigenvalue weighted by molar-refractivity contribution is 5.20. The molecule has 1 heterocycles. The Kier molecular flexibility index (Phi) is 5.52. The molecule has 0 saturated carbocycles. The van der Waals surface area contributed by atoms with E-state index in [0.717, 1.165) is 24.2 Å². The van der Waals surface area contributed by atoms with E-state index in [2.05, 4.69) is 4.90 Å². The van der Waals surface area contributed by atoms with Gasteiger partial charge in [-0.25, -0.2) is 4.39 Å². The molecule has 0 aromatic heterocycles. The molecule has 0 amide bonds. The number of halogens is 1. The van der Waals surface area contributed by atoms with E-state index in [1.54, 1.807) is 12.1 Å². The molecule has 4 heteroatoms. The molecule has 0 aliphatic carbocycles. The number of piperidine rings is 1. The van der Waals surface area contributed by atoms with Crippen LogP contribution in [0.4, 0.5) is 4.39 Å². The van der Waals surface area contributed by atoms with Crippen LogP contribution in [0, 0.1) is 5.82 Å². The Labute approximate surface area is 148 Å². The molecule has 3 nitrogen and oxygen atoms in total. The fourth-order valence-electron chi connectivity index (χ4n) is 3.64. The Balaban J connectivity index is 1.58. The predicted molar refractivity (Wildman–Crippen MR) is 96.7 cm³/mol. The first-order valence-electron chi connectivity index (χ1n) is 8.91. The van der Waals surface area contributed by atoms with E-state index < -0.39 is 11.7 Å². The molecule has 3 rings (SSSR count). The fourth-order valence-corrected chi connectivity index (χ4v) is 3.64. The van der Waals surface area contributed by atoms with E-state index in [4.69, 9.17) is 0 Å². The van der Waals surface area contributed by atoms with Gasteiger partial charge in [-0.3, -0.25) is 4.90 Å². The predicted octanol–water partition coefficient (Wildman–Crippen LogP) is 3.32. The molecule has 25 heavy (non-hydrogen) atoms. The Bertz CT molecular complexity index is 666. The maximum atomic E-state index is 13.1. The summed E-state index contributed by atoms with van der Waals surface area (Å²) in [7, 11) is 0. The minimum atomic E-state index is -0.682. The highest BCUT2D eigenvalue weighted by Gasteiger charge is 2.35. The van der Waals surface area contributed by atoms with Gasteiger partial charge in [-0.2, -0.15) is 0 Å². The van der Waals surface area contributed by atoms with Gasteiger partial charge in [-0.05, 0) is 43.0 Å². The second-order valence-electron chi connectivity index (χ2n) is 7.16. The molecule has 1 aliphatic rings. The van der Waals surface area contributed by atoms with Gasteiger partial charge in [0.05, 0.1) is 11.7 Å². The van der Waals surface area contributed by atoms with Crippen molar-refractivity contribution in [2.75, 3.05) is 13.1 Å². The summed E-state index contributed by atoms with van der Waals surface area (Å²) in [4.78, 5) is 2.20. The van der Waals surface area contributed by atoms with Crippen LogP contribution in [0.1, 0.15) is 37.0 Å². The third kappa shape index (κ3) is 4.46. The summed E-state index contributed by atoms with van der Waals surface area (Å²) >= 11 is 0. The lowest BCUT2D eigenvalue weighted by atomic mass is 9.84. The van der Waals surface area contributed by atoms with Crippen molar-refractivity contribution in [3.63, 3.8) is 0 Å². The molecule has 2 aromatic carbocycles. The Hall–Kier alpha value is -1.75. The van der Waals surface area contributed by atoms with Crippen LogP contribution >= 0.6 is 0 Å². The van der Waals surface area contributed by atoms with E-state index in [1.165, 1.54) is 12.1 Å². The summed E-state index contributed by atoms with van der Waals surface area (Å²) in [6.45, 7) is 3.46. The highest BCUT2D eigenvalue weighted by atomic mass is 19.1. The zero-order chi connectivity index (χ0) is 17.9. The average molecular weight is 343 g/mol. The van der Waals surface area contributed by atoms with Gasteiger partial charge in [0.25, 0.3) is 0 Å². The molecule has 0 bridgehead atoms. The number of hydrogen-bond donors (Lipinski definition) is 2. The first-order valence-corrected chi connectivity index (χ1v) is 8.91. The van der Waals surface area contributed by atoms with Crippen LogP contribution in [0.15, 0.2) is 54.6 Å². The Morgan fingerprint density at radius 2 is 1.64 bits per heavy atom. The van der Waals surface area contributed by atoms with E-state index in [-0.39, 0.29) is 11.9 Å². The van der Waals surface area contributed by atoms with E-state index >= 15 is 0 Å². The minimum Gasteiger partial charge on any atom is -0.389 e. The fraction of sp³-hybridized carbons (Fsp3) is 0.429. The second-order valence-corrected chi connectivity index (χ2v) is 7.16. The normalized spacial score (nSPS) is 20.2. The van der Waals surface area contributed by atoms with Crippen molar-refractivity contribution >= 4 is 0 Å². The molecule has 1 saturated heterocycles. The molecule has 1 aliphatic heterocycles. The van der Waals surface area contributed by atoms with Crippen molar-refractivity contribution in [2.24, 2.45) is 0 Å². The maximum absolute atomic E-state index is 13.1. The van der Waals surface area contributed by atoms with Crippen LogP contribution in [0.5, 0.6) is 0 Å². The van der Waals surface area contributed by atoms with Gasteiger partial charge < -0.3 is 10.2 Å². The molecular weight excluding hydrogens is 317 g/mol. The van der Waals surface area contributed by atoms with Crippen LogP contribution in [0.2, 0.25) is 0 Å². The largest absolute Gasteiger partial charge is 0.389 e. The number of hydrogen-bond acceptors (Lipinski definition) is 3. The quantitative estimate of drug-likeness (QED) is 0.875. The maximum Gasteiger partial charge on any atom is 0.123 e. The number of aliphatic hydroxyl groups excluding tert-OH is 1. The van der Waals surface area contributed by atoms with Gasteiger partial charge in [-0.1, -0.05) is 42.5 Å². The molecular formula is C21H26FNO2. The van der Waals surface area contributed by atoms with Gasteiger partial charge in [0.15, 0.2) is 0 Å². The number of benzene rings is 2. The minimum absolute atomic E-state index is 0.0771. The van der Waals surface area contributed by atoms with Crippen LogP contribution < -0.4 is 0 Å². The van der Waals surface area contributed by atoms with Crippen LogP contribution in [-0.4, -0.2) is 39.8 Å². The number of nitrogens with zero attached hydrogens (tertiary/aromatic N) is 1. The smallest absolute Gasteiger partial charge is 0.123 e. The third-order valence-corrected chi connectivity index (χ3v) is 5.35. The summed E-state index contributed by atoms with van der Waals surface area (Å²) in [6.07, 6.45) is 1.36. The first kappa shape index (κ1) is 18.1. The Morgan fingerprint density at radius 3 is 2.24 bits per heavy atom. The lowest BCUT2D eigenvalue weighted by molar-refractivity contribution is -0.0456. The van der Waals surface area contributed by atoms with Crippen molar-refractivity contribution in [2.45, 2.75) is 43.9 Å². The molecule has 134 valence electrons. The summed E-state index contributed by atoms with van der Waals surface area (Å²) in [5, 5.41) is 21.5. The molecule has 2 aromatic rings. The average Bonchev–Trinajstić information content (AvgIpc) is 2.62. The van der Waals surface area contributed by atoms with Crippen molar-refractivity contribution in [1.29, 1.82) is 0 Å². The lowest BCUT2D eigenvalue weighted by Crippen LogP contribution is -2.49. The van der Waals surface area contributed by atoms with E-state index in [1.807, 2.05) is 37.3 Å². The summed E-state index contributed by atoms with van der Waals surface area (Å²) in [6, 6.07) is 16.0. The van der Waals surface area contributed by atoms with Crippen molar-refractivity contribution in [1.82, 2.24) is 4.90 Å². The van der Waals surface area contributed by atoms with Crippen molar-refractivity contribution in [3.05, 3.63) is 71.5 Å². The number of aliphatic hydroxyl groups is 2. The van der Waals surface area contributed by atoms with Gasteiger partial charge in [-0.15, -0.1) is 0 Å². The monoisotopic (exact) mass is 343 g/mol. The first-order chi connectivity index (χ1) is 12.0. The van der Waals surface area contributed by atoms with Crippen LogP contribution in [0.25, 0.3) is 0 Å². The van der Waals surface area contributed by atoms with E-state index in [0.29, 0.717) is 19.3 Å². The van der Waals surface area contributed by atoms with Crippen LogP contribution in [0.3, 0.4) is 0 Å². The van der Waals surface area contributed by atoms with E-state index in [9.17, 15) is 14.6 Å². The van der Waals surface area contributed by atoms with Gasteiger partial charge in [0.2, 0.25) is 0 Å². The molecule has 2 atom stereocenters. The zero-order valence-corrected chi connectivity index (χ0v) is 14.6. The molecule has 0 spiro atoms. The number of likely N-dealkylation sites (tertiary alicyclic amines) is 1. The summed E-state index contributed by atoms with van der Waals surface area (Å²) in [5.74, 6) is -0.299. The third-order valence-electron chi connectivity index (χ3n) is 5.35. The topological polar surface area (TPSA) is 43.7 Å². The summed E-state index contributed by atoms with van der Waals surface area (Å²) in [5.41, 5.74) is 1.19. The lowest BCUT2D eigenvalue weighted by Gasteiger charge is -2.42. The highest BCUT2D eigenvalue weighted by Crippen LogP contribution is 2.30. The standard InChI is InChI=1S/C21H26FNO2/c1-16(20(24)18-7-9-19(22)10-8-18)23-13-11-21(25,12-14-23)15-17-5-3-2-4-6-17/h2-10,16,20,24-25H,11-15H2,1H3. The summed E-state index contributed by atoms with van der Waals surface area (Å²) < 4.78 is 13.1. The molecule has 0 radical (unpaired) electrons. The second kappa shape index (κ2) is 7.65. The van der Waals surface area contributed by atoms with Gasteiger partial charge in [0.1, 0.15) is 5.82 Å². The molecule has 2 unspecified atom stereocenters. The van der Waals surface area contributed by atoms with Crippen LogP contribution in [-0.2, 0) is 6.42 Å². The van der Waals surface area contributed by atoms with Crippen molar-refractivity contribution in [3.8, 4) is 0 Å².